The van der Waals surface area contributed by atoms with Crippen LogP contribution in [0.5, 0.6) is 5.75 Å². The third-order valence-electron chi connectivity index (χ3n) is 2.83. The van der Waals surface area contributed by atoms with E-state index in [1.807, 2.05) is 32.9 Å². The molecule has 0 aliphatic heterocycles. The lowest BCUT2D eigenvalue weighted by molar-refractivity contribution is 0.411. The van der Waals surface area contributed by atoms with Crippen LogP contribution in [0.4, 0.5) is 0 Å². The monoisotopic (exact) mass is 258 g/mol. The highest BCUT2D eigenvalue weighted by atomic mass is 32.1. The quantitative estimate of drug-likeness (QED) is 0.826. The number of nitrogens with zero attached hydrogens (tertiary/aromatic N) is 2. The number of methoxy groups -OCH3 is 1. The van der Waals surface area contributed by atoms with Gasteiger partial charge < -0.3 is 4.74 Å². The van der Waals surface area contributed by atoms with Crippen LogP contribution in [-0.4, -0.2) is 12.1 Å². The van der Waals surface area contributed by atoms with Crippen molar-refractivity contribution in [2.45, 2.75) is 20.8 Å². The van der Waals surface area contributed by atoms with Gasteiger partial charge in [-0.15, -0.1) is 11.3 Å². The molecule has 0 aliphatic carbocycles. The van der Waals surface area contributed by atoms with Gasteiger partial charge >= 0.3 is 0 Å². The number of hydrogen-bond acceptors (Lipinski definition) is 4. The van der Waals surface area contributed by atoms with E-state index >= 15 is 0 Å². The Labute approximate surface area is 111 Å². The molecule has 3 nitrogen and oxygen atoms in total. The molecule has 2 rings (SSSR count). The van der Waals surface area contributed by atoms with Crippen LogP contribution in [0.1, 0.15) is 21.0 Å². The van der Waals surface area contributed by atoms with Gasteiger partial charge in [-0.25, -0.2) is 4.98 Å². The molecule has 0 unspecified atom stereocenters. The molecule has 4 heteroatoms. The fourth-order valence-electron chi connectivity index (χ4n) is 1.95. The molecule has 0 radical (unpaired) electrons. The molecule has 0 saturated heterocycles. The Morgan fingerprint density at radius 3 is 2.56 bits per heavy atom. The SMILES string of the molecule is COc1cc(C)c(-c2nc(C)sc2C#N)cc1C. The molecule has 1 heterocycles. The summed E-state index contributed by atoms with van der Waals surface area (Å²) < 4.78 is 5.30. The topological polar surface area (TPSA) is 45.9 Å². The van der Waals surface area contributed by atoms with Crippen LogP contribution < -0.4 is 4.74 Å². The third-order valence-corrected chi connectivity index (χ3v) is 3.71. The van der Waals surface area contributed by atoms with E-state index in [2.05, 4.69) is 11.1 Å². The van der Waals surface area contributed by atoms with E-state index in [1.54, 1.807) is 7.11 Å². The van der Waals surface area contributed by atoms with Crippen molar-refractivity contribution >= 4 is 11.3 Å². The molecule has 18 heavy (non-hydrogen) atoms. The average Bonchev–Trinajstić information content (AvgIpc) is 2.72. The molecular formula is C14H14N2OS. The molecule has 0 spiro atoms. The van der Waals surface area contributed by atoms with Gasteiger partial charge in [0.2, 0.25) is 0 Å². The Bertz CT molecular complexity index is 638. The molecule has 92 valence electrons. The first kappa shape index (κ1) is 12.6. The summed E-state index contributed by atoms with van der Waals surface area (Å²) in [7, 11) is 1.66. The number of thiazole rings is 1. The molecule has 0 atom stereocenters. The maximum Gasteiger partial charge on any atom is 0.132 e. The first-order chi connectivity index (χ1) is 8.56. The Morgan fingerprint density at radius 2 is 1.94 bits per heavy atom. The lowest BCUT2D eigenvalue weighted by atomic mass is 10.0. The summed E-state index contributed by atoms with van der Waals surface area (Å²) in [6, 6.07) is 6.23. The Balaban J connectivity index is 2.65. The van der Waals surface area contributed by atoms with Crippen LogP contribution in [-0.2, 0) is 0 Å². The zero-order valence-electron chi connectivity index (χ0n) is 10.9. The molecule has 1 aromatic heterocycles. The largest absolute Gasteiger partial charge is 0.496 e. The molecule has 2 aromatic rings. The summed E-state index contributed by atoms with van der Waals surface area (Å²) in [5, 5.41) is 10.1. The Hall–Kier alpha value is -1.86. The summed E-state index contributed by atoms with van der Waals surface area (Å²) >= 11 is 1.43. The van der Waals surface area contributed by atoms with E-state index in [1.165, 1.54) is 11.3 Å². The summed E-state index contributed by atoms with van der Waals surface area (Å²) in [6.07, 6.45) is 0. The van der Waals surface area contributed by atoms with E-state index in [-0.39, 0.29) is 0 Å². The van der Waals surface area contributed by atoms with E-state index in [0.29, 0.717) is 4.88 Å². The molecule has 0 aliphatic rings. The van der Waals surface area contributed by atoms with Gasteiger partial charge in [-0.3, -0.25) is 0 Å². The van der Waals surface area contributed by atoms with Gasteiger partial charge in [-0.1, -0.05) is 0 Å². The summed E-state index contributed by atoms with van der Waals surface area (Å²) in [4.78, 5) is 5.13. The molecule has 0 bridgehead atoms. The third kappa shape index (κ3) is 2.09. The molecular weight excluding hydrogens is 244 g/mol. The van der Waals surface area contributed by atoms with Crippen LogP contribution in [0.3, 0.4) is 0 Å². The second-order valence-corrected chi connectivity index (χ2v) is 5.36. The Morgan fingerprint density at radius 1 is 1.22 bits per heavy atom. The second kappa shape index (κ2) is 4.79. The highest BCUT2D eigenvalue weighted by Crippen LogP contribution is 2.33. The van der Waals surface area contributed by atoms with Gasteiger partial charge in [-0.2, -0.15) is 5.26 Å². The number of aromatic nitrogens is 1. The van der Waals surface area contributed by atoms with E-state index in [9.17, 15) is 0 Å². The number of ether oxygens (including phenoxy) is 1. The standard InChI is InChI=1S/C14H14N2OS/c1-8-6-12(17-4)9(2)5-11(8)14-13(7-15)18-10(3)16-14/h5-6H,1-4H3. The molecule has 0 N–H and O–H groups in total. The predicted molar refractivity (Wildman–Crippen MR) is 73.0 cm³/mol. The van der Waals surface area contributed by atoms with Crippen LogP contribution in [0.15, 0.2) is 12.1 Å². The minimum atomic E-state index is 0.667. The van der Waals surface area contributed by atoms with E-state index in [0.717, 1.165) is 33.1 Å². The minimum Gasteiger partial charge on any atom is -0.496 e. The zero-order chi connectivity index (χ0) is 13.3. The second-order valence-electron chi connectivity index (χ2n) is 4.16. The van der Waals surface area contributed by atoms with Crippen LogP contribution in [0.2, 0.25) is 0 Å². The number of benzene rings is 1. The number of rotatable bonds is 2. The van der Waals surface area contributed by atoms with Gasteiger partial charge in [0.25, 0.3) is 0 Å². The maximum atomic E-state index is 9.15. The number of hydrogen-bond donors (Lipinski definition) is 0. The fourth-order valence-corrected chi connectivity index (χ4v) is 2.68. The highest BCUT2D eigenvalue weighted by molar-refractivity contribution is 7.12. The summed E-state index contributed by atoms with van der Waals surface area (Å²) in [6.45, 7) is 5.92. The van der Waals surface area contributed by atoms with Crippen LogP contribution in [0, 0.1) is 32.1 Å². The van der Waals surface area contributed by atoms with Crippen molar-refractivity contribution in [1.29, 1.82) is 5.26 Å². The molecule has 0 saturated carbocycles. The van der Waals surface area contributed by atoms with E-state index in [4.69, 9.17) is 10.00 Å². The first-order valence-electron chi connectivity index (χ1n) is 5.60. The zero-order valence-corrected chi connectivity index (χ0v) is 11.7. The van der Waals surface area contributed by atoms with Crippen LogP contribution in [0.25, 0.3) is 11.3 Å². The van der Waals surface area contributed by atoms with Crippen molar-refractivity contribution < 1.29 is 4.74 Å². The van der Waals surface area contributed by atoms with Crippen molar-refractivity contribution in [2.24, 2.45) is 0 Å². The van der Waals surface area contributed by atoms with Crippen molar-refractivity contribution in [3.8, 4) is 23.1 Å². The highest BCUT2D eigenvalue weighted by Gasteiger charge is 2.14. The number of aryl methyl sites for hydroxylation is 3. The van der Waals surface area contributed by atoms with Gasteiger partial charge in [0, 0.05) is 5.56 Å². The number of nitriles is 1. The summed E-state index contributed by atoms with van der Waals surface area (Å²) in [5.41, 5.74) is 3.91. The van der Waals surface area contributed by atoms with Crippen molar-refractivity contribution in [2.75, 3.05) is 7.11 Å². The van der Waals surface area contributed by atoms with Crippen molar-refractivity contribution in [3.05, 3.63) is 33.1 Å². The lowest BCUT2D eigenvalue weighted by Gasteiger charge is -2.10. The molecule has 1 aromatic carbocycles. The van der Waals surface area contributed by atoms with Gasteiger partial charge in [0.1, 0.15) is 16.7 Å². The van der Waals surface area contributed by atoms with Crippen molar-refractivity contribution in [1.82, 2.24) is 4.98 Å². The predicted octanol–water partition coefficient (Wildman–Crippen LogP) is 3.62. The lowest BCUT2D eigenvalue weighted by Crippen LogP contribution is -1.92. The smallest absolute Gasteiger partial charge is 0.132 e. The molecule has 0 amide bonds. The Kier molecular flexibility index (Phi) is 3.35. The van der Waals surface area contributed by atoms with Gasteiger partial charge in [0.05, 0.1) is 17.8 Å². The van der Waals surface area contributed by atoms with Gasteiger partial charge in [-0.05, 0) is 44.0 Å². The van der Waals surface area contributed by atoms with Crippen LogP contribution >= 0.6 is 11.3 Å². The molecule has 0 fully saturated rings. The maximum absolute atomic E-state index is 9.15. The minimum absolute atomic E-state index is 0.667. The van der Waals surface area contributed by atoms with Gasteiger partial charge in [0.15, 0.2) is 0 Å². The fraction of sp³-hybridized carbons (Fsp3) is 0.286. The first-order valence-corrected chi connectivity index (χ1v) is 6.41. The van der Waals surface area contributed by atoms with Crippen molar-refractivity contribution in [3.63, 3.8) is 0 Å². The summed E-state index contributed by atoms with van der Waals surface area (Å²) in [5.74, 6) is 0.863. The normalized spacial score (nSPS) is 10.2. The average molecular weight is 258 g/mol. The van der Waals surface area contributed by atoms with E-state index < -0.39 is 0 Å².